The number of aromatic nitrogens is 2. The topological polar surface area (TPSA) is 62.2 Å². The standard InChI is InChI=1S/C19H27N5O/c1-23(17-8-11-20-12-9-17)15-19(25)22-18(14-24-13-5-10-21-24)16-6-3-2-4-7-16/h2-7,10,13,17-18,20H,8-9,11-12,14-15H2,1H3,(H,22,25). The van der Waals surface area contributed by atoms with Crippen molar-refractivity contribution in [2.75, 3.05) is 26.7 Å². The van der Waals surface area contributed by atoms with Crippen LogP contribution < -0.4 is 10.6 Å². The van der Waals surface area contributed by atoms with Crippen LogP contribution in [0, 0.1) is 0 Å². The van der Waals surface area contributed by atoms with Crippen molar-refractivity contribution in [3.63, 3.8) is 0 Å². The zero-order valence-electron chi connectivity index (χ0n) is 14.8. The highest BCUT2D eigenvalue weighted by Crippen LogP contribution is 2.15. The van der Waals surface area contributed by atoms with Crippen LogP contribution in [0.4, 0.5) is 0 Å². The van der Waals surface area contributed by atoms with Gasteiger partial charge in [-0.05, 0) is 44.6 Å². The van der Waals surface area contributed by atoms with Gasteiger partial charge in [-0.25, -0.2) is 0 Å². The SMILES string of the molecule is CN(CC(=O)NC(Cn1cccn1)c1ccccc1)C1CCNCC1. The summed E-state index contributed by atoms with van der Waals surface area (Å²) in [5.41, 5.74) is 1.09. The van der Waals surface area contributed by atoms with Crippen LogP contribution in [0.2, 0.25) is 0 Å². The molecular formula is C19H27N5O. The highest BCUT2D eigenvalue weighted by Gasteiger charge is 2.21. The van der Waals surface area contributed by atoms with Crippen LogP contribution in [0.3, 0.4) is 0 Å². The van der Waals surface area contributed by atoms with Gasteiger partial charge >= 0.3 is 0 Å². The molecule has 6 nitrogen and oxygen atoms in total. The molecule has 0 aliphatic carbocycles. The average molecular weight is 341 g/mol. The second-order valence-electron chi connectivity index (χ2n) is 6.66. The number of likely N-dealkylation sites (N-methyl/N-ethyl adjacent to an activating group) is 1. The molecule has 1 fully saturated rings. The number of hydrogen-bond donors (Lipinski definition) is 2. The highest BCUT2D eigenvalue weighted by atomic mass is 16.2. The Morgan fingerprint density at radius 2 is 2.08 bits per heavy atom. The van der Waals surface area contributed by atoms with Gasteiger partial charge < -0.3 is 10.6 Å². The van der Waals surface area contributed by atoms with Crippen LogP contribution in [0.25, 0.3) is 0 Å². The molecule has 2 heterocycles. The molecule has 1 amide bonds. The van der Waals surface area contributed by atoms with E-state index in [0.717, 1.165) is 31.5 Å². The Bertz CT molecular complexity index is 637. The fraction of sp³-hybridized carbons (Fsp3) is 0.474. The van der Waals surface area contributed by atoms with Crippen molar-refractivity contribution >= 4 is 5.91 Å². The second kappa shape index (κ2) is 8.78. The molecule has 134 valence electrons. The number of hydrogen-bond acceptors (Lipinski definition) is 4. The number of carbonyl (C=O) groups excluding carboxylic acids is 1. The number of piperidine rings is 1. The predicted octanol–water partition coefficient (Wildman–Crippen LogP) is 1.42. The van der Waals surface area contributed by atoms with Crippen LogP contribution in [-0.4, -0.2) is 53.3 Å². The van der Waals surface area contributed by atoms with E-state index < -0.39 is 0 Å². The van der Waals surface area contributed by atoms with E-state index in [1.807, 2.05) is 54.3 Å². The lowest BCUT2D eigenvalue weighted by molar-refractivity contribution is -0.123. The lowest BCUT2D eigenvalue weighted by Crippen LogP contribution is -2.46. The van der Waals surface area contributed by atoms with E-state index in [1.54, 1.807) is 6.20 Å². The Balaban J connectivity index is 1.61. The van der Waals surface area contributed by atoms with Gasteiger partial charge in [-0.1, -0.05) is 30.3 Å². The molecule has 1 saturated heterocycles. The molecule has 1 aliphatic heterocycles. The van der Waals surface area contributed by atoms with E-state index in [9.17, 15) is 4.79 Å². The third-order valence-electron chi connectivity index (χ3n) is 4.79. The number of rotatable bonds is 7. The first-order valence-corrected chi connectivity index (χ1v) is 8.95. The quantitative estimate of drug-likeness (QED) is 0.800. The second-order valence-corrected chi connectivity index (χ2v) is 6.66. The molecule has 1 aromatic heterocycles. The van der Waals surface area contributed by atoms with Gasteiger partial charge in [0.05, 0.1) is 19.1 Å². The summed E-state index contributed by atoms with van der Waals surface area (Å²) >= 11 is 0. The fourth-order valence-electron chi connectivity index (χ4n) is 3.36. The molecule has 1 unspecified atom stereocenters. The largest absolute Gasteiger partial charge is 0.346 e. The van der Waals surface area contributed by atoms with Gasteiger partial charge in [-0.15, -0.1) is 0 Å². The summed E-state index contributed by atoms with van der Waals surface area (Å²) in [6.07, 6.45) is 5.87. The van der Waals surface area contributed by atoms with E-state index in [1.165, 1.54) is 0 Å². The molecule has 0 saturated carbocycles. The minimum Gasteiger partial charge on any atom is -0.346 e. The fourth-order valence-corrected chi connectivity index (χ4v) is 3.36. The molecule has 1 atom stereocenters. The third-order valence-corrected chi connectivity index (χ3v) is 4.79. The summed E-state index contributed by atoms with van der Waals surface area (Å²) in [7, 11) is 2.04. The summed E-state index contributed by atoms with van der Waals surface area (Å²) in [5.74, 6) is 0.0574. The van der Waals surface area contributed by atoms with E-state index in [0.29, 0.717) is 19.1 Å². The van der Waals surface area contributed by atoms with Crippen molar-refractivity contribution in [3.8, 4) is 0 Å². The highest BCUT2D eigenvalue weighted by molar-refractivity contribution is 5.78. The summed E-state index contributed by atoms with van der Waals surface area (Å²) in [6.45, 7) is 3.11. The minimum absolute atomic E-state index is 0.0574. The van der Waals surface area contributed by atoms with Crippen LogP contribution in [0.1, 0.15) is 24.4 Å². The lowest BCUT2D eigenvalue weighted by Gasteiger charge is -2.31. The molecule has 6 heteroatoms. The normalized spacial score (nSPS) is 16.7. The average Bonchev–Trinajstić information content (AvgIpc) is 3.16. The van der Waals surface area contributed by atoms with Crippen LogP contribution >= 0.6 is 0 Å². The molecule has 0 spiro atoms. The van der Waals surface area contributed by atoms with Gasteiger partial charge in [0, 0.05) is 18.4 Å². The summed E-state index contributed by atoms with van der Waals surface area (Å²) < 4.78 is 1.86. The van der Waals surface area contributed by atoms with Gasteiger partial charge in [0.2, 0.25) is 5.91 Å². The van der Waals surface area contributed by atoms with Crippen molar-refractivity contribution in [2.24, 2.45) is 0 Å². The third kappa shape index (κ3) is 5.14. The van der Waals surface area contributed by atoms with Gasteiger partial charge in [0.15, 0.2) is 0 Å². The summed E-state index contributed by atoms with van der Waals surface area (Å²) in [6, 6.07) is 12.4. The van der Waals surface area contributed by atoms with Gasteiger partial charge in [-0.3, -0.25) is 14.4 Å². The predicted molar refractivity (Wildman–Crippen MR) is 98.1 cm³/mol. The molecule has 25 heavy (non-hydrogen) atoms. The Morgan fingerprint density at radius 1 is 1.32 bits per heavy atom. The molecule has 1 aromatic carbocycles. The van der Waals surface area contributed by atoms with E-state index in [2.05, 4.69) is 20.6 Å². The molecular weight excluding hydrogens is 314 g/mol. The lowest BCUT2D eigenvalue weighted by atomic mass is 10.1. The number of nitrogens with zero attached hydrogens (tertiary/aromatic N) is 3. The first kappa shape index (κ1) is 17.6. The number of benzene rings is 1. The zero-order chi connectivity index (χ0) is 17.5. The Labute approximate surface area is 149 Å². The number of nitrogens with one attached hydrogen (secondary N) is 2. The van der Waals surface area contributed by atoms with Crippen LogP contribution in [0.15, 0.2) is 48.8 Å². The van der Waals surface area contributed by atoms with Crippen LogP contribution in [0.5, 0.6) is 0 Å². The smallest absolute Gasteiger partial charge is 0.234 e. The Hall–Kier alpha value is -2.18. The summed E-state index contributed by atoms with van der Waals surface area (Å²) in [5, 5.41) is 10.8. The van der Waals surface area contributed by atoms with Gasteiger partial charge in [0.1, 0.15) is 0 Å². The van der Waals surface area contributed by atoms with Gasteiger partial charge in [-0.2, -0.15) is 5.10 Å². The summed E-state index contributed by atoms with van der Waals surface area (Å²) in [4.78, 5) is 14.8. The number of amides is 1. The molecule has 0 bridgehead atoms. The number of carbonyl (C=O) groups is 1. The van der Waals surface area contributed by atoms with E-state index >= 15 is 0 Å². The maximum atomic E-state index is 12.6. The van der Waals surface area contributed by atoms with Crippen molar-refractivity contribution in [1.29, 1.82) is 0 Å². The first-order valence-electron chi connectivity index (χ1n) is 8.95. The Morgan fingerprint density at radius 3 is 2.76 bits per heavy atom. The van der Waals surface area contributed by atoms with Crippen molar-refractivity contribution in [3.05, 3.63) is 54.4 Å². The molecule has 0 radical (unpaired) electrons. The Kier molecular flexibility index (Phi) is 6.19. The minimum atomic E-state index is -0.0879. The van der Waals surface area contributed by atoms with Crippen molar-refractivity contribution in [2.45, 2.75) is 31.5 Å². The monoisotopic (exact) mass is 341 g/mol. The van der Waals surface area contributed by atoms with Crippen LogP contribution in [-0.2, 0) is 11.3 Å². The van der Waals surface area contributed by atoms with E-state index in [-0.39, 0.29) is 11.9 Å². The van der Waals surface area contributed by atoms with Gasteiger partial charge in [0.25, 0.3) is 0 Å². The maximum Gasteiger partial charge on any atom is 0.234 e. The molecule has 2 aromatic rings. The zero-order valence-corrected chi connectivity index (χ0v) is 14.8. The molecule has 1 aliphatic rings. The molecule has 2 N–H and O–H groups in total. The first-order chi connectivity index (χ1) is 12.2. The van der Waals surface area contributed by atoms with E-state index in [4.69, 9.17) is 0 Å². The maximum absolute atomic E-state index is 12.6. The molecule has 3 rings (SSSR count). The van der Waals surface area contributed by atoms with Crippen molar-refractivity contribution in [1.82, 2.24) is 25.3 Å². The van der Waals surface area contributed by atoms with Crippen molar-refractivity contribution < 1.29 is 4.79 Å².